The summed E-state index contributed by atoms with van der Waals surface area (Å²) in [6.45, 7) is 1.90. The number of amides is 1. The van der Waals surface area contributed by atoms with E-state index in [4.69, 9.17) is 0 Å². The van der Waals surface area contributed by atoms with Crippen LogP contribution in [0.25, 0.3) is 22.6 Å². The van der Waals surface area contributed by atoms with Gasteiger partial charge in [-0.05, 0) is 36.6 Å². The summed E-state index contributed by atoms with van der Waals surface area (Å²) in [7, 11) is 0. The molecule has 0 spiro atoms. The number of carbonyl (C=O) groups excluding carboxylic acids is 1. The van der Waals surface area contributed by atoms with Crippen LogP contribution in [0.1, 0.15) is 16.1 Å². The first kappa shape index (κ1) is 14.5. The molecule has 0 aliphatic heterocycles. The number of thiophene rings is 1. The lowest BCUT2D eigenvalue weighted by molar-refractivity contribution is 0.102. The first-order valence-electron chi connectivity index (χ1n) is 7.32. The van der Waals surface area contributed by atoms with Crippen molar-refractivity contribution in [1.82, 2.24) is 19.9 Å². The number of aromatic nitrogens is 4. The first-order chi connectivity index (χ1) is 11.7. The second-order valence-electron chi connectivity index (χ2n) is 5.30. The van der Waals surface area contributed by atoms with Crippen molar-refractivity contribution in [3.8, 4) is 11.4 Å². The quantitative estimate of drug-likeness (QED) is 0.599. The zero-order valence-electron chi connectivity index (χ0n) is 12.8. The smallest absolute Gasteiger partial charge is 0.258 e. The Balaban J connectivity index is 1.70. The SMILES string of the molecule is Cc1ccc(NC(=O)c2ccnc3[nH]c(-c4ccsc4)nc23)cn1. The monoisotopic (exact) mass is 335 g/mol. The summed E-state index contributed by atoms with van der Waals surface area (Å²) >= 11 is 1.59. The fourth-order valence-corrected chi connectivity index (χ4v) is 3.01. The Morgan fingerprint density at radius 2 is 2.12 bits per heavy atom. The van der Waals surface area contributed by atoms with E-state index in [0.29, 0.717) is 28.2 Å². The Morgan fingerprint density at radius 3 is 2.88 bits per heavy atom. The Kier molecular flexibility index (Phi) is 3.55. The molecule has 0 saturated carbocycles. The van der Waals surface area contributed by atoms with E-state index in [-0.39, 0.29) is 5.91 Å². The van der Waals surface area contributed by atoms with E-state index in [9.17, 15) is 4.79 Å². The summed E-state index contributed by atoms with van der Waals surface area (Å²) in [6.07, 6.45) is 3.23. The highest BCUT2D eigenvalue weighted by molar-refractivity contribution is 7.08. The molecule has 0 fully saturated rings. The Hall–Kier alpha value is -3.06. The number of imidazole rings is 1. The highest BCUT2D eigenvalue weighted by Gasteiger charge is 2.15. The number of H-pyrrole nitrogens is 1. The Labute approximate surface area is 141 Å². The molecule has 0 radical (unpaired) electrons. The molecule has 0 atom stereocenters. The number of fused-ring (bicyclic) bond motifs is 1. The lowest BCUT2D eigenvalue weighted by atomic mass is 10.2. The number of aromatic amines is 1. The van der Waals surface area contributed by atoms with Crippen LogP contribution in [-0.4, -0.2) is 25.8 Å². The second-order valence-corrected chi connectivity index (χ2v) is 6.08. The van der Waals surface area contributed by atoms with Gasteiger partial charge in [-0.25, -0.2) is 9.97 Å². The third-order valence-electron chi connectivity index (χ3n) is 3.59. The van der Waals surface area contributed by atoms with Gasteiger partial charge < -0.3 is 10.3 Å². The zero-order chi connectivity index (χ0) is 16.5. The van der Waals surface area contributed by atoms with Crippen molar-refractivity contribution in [3.05, 3.63) is 58.7 Å². The Bertz CT molecular complexity index is 1010. The summed E-state index contributed by atoms with van der Waals surface area (Å²) in [5, 5.41) is 6.82. The number of nitrogens with zero attached hydrogens (tertiary/aromatic N) is 3. The topological polar surface area (TPSA) is 83.6 Å². The van der Waals surface area contributed by atoms with Crippen LogP contribution in [-0.2, 0) is 0 Å². The predicted octanol–water partition coefficient (Wildman–Crippen LogP) is 3.64. The van der Waals surface area contributed by atoms with Gasteiger partial charge in [0.25, 0.3) is 5.91 Å². The van der Waals surface area contributed by atoms with E-state index in [0.717, 1.165) is 11.3 Å². The molecule has 1 amide bonds. The summed E-state index contributed by atoms with van der Waals surface area (Å²) in [5.41, 5.74) is 4.13. The van der Waals surface area contributed by atoms with Crippen LogP contribution >= 0.6 is 11.3 Å². The minimum atomic E-state index is -0.239. The maximum absolute atomic E-state index is 12.6. The summed E-state index contributed by atoms with van der Waals surface area (Å²) in [4.78, 5) is 28.7. The number of anilines is 1. The van der Waals surface area contributed by atoms with Gasteiger partial charge in [0.2, 0.25) is 0 Å². The van der Waals surface area contributed by atoms with Gasteiger partial charge in [0.1, 0.15) is 11.3 Å². The minimum absolute atomic E-state index is 0.239. The van der Waals surface area contributed by atoms with E-state index in [2.05, 4.69) is 25.3 Å². The number of rotatable bonds is 3. The minimum Gasteiger partial charge on any atom is -0.323 e. The molecule has 6 nitrogen and oxygen atoms in total. The largest absolute Gasteiger partial charge is 0.323 e. The number of hydrogen-bond donors (Lipinski definition) is 2. The van der Waals surface area contributed by atoms with Gasteiger partial charge in [-0.3, -0.25) is 9.78 Å². The van der Waals surface area contributed by atoms with Gasteiger partial charge in [-0.2, -0.15) is 11.3 Å². The van der Waals surface area contributed by atoms with Gasteiger partial charge in [0.05, 0.1) is 17.4 Å². The van der Waals surface area contributed by atoms with Crippen LogP contribution in [0.2, 0.25) is 0 Å². The summed E-state index contributed by atoms with van der Waals surface area (Å²) in [5.74, 6) is 0.465. The fraction of sp³-hybridized carbons (Fsp3) is 0.0588. The molecule has 0 aliphatic carbocycles. The Morgan fingerprint density at radius 1 is 1.21 bits per heavy atom. The number of aryl methyl sites for hydroxylation is 1. The van der Waals surface area contributed by atoms with Gasteiger partial charge in [0, 0.05) is 22.8 Å². The number of nitrogens with one attached hydrogen (secondary N) is 2. The van der Waals surface area contributed by atoms with Crippen molar-refractivity contribution >= 4 is 34.1 Å². The van der Waals surface area contributed by atoms with Crippen molar-refractivity contribution in [1.29, 1.82) is 0 Å². The molecule has 0 unspecified atom stereocenters. The molecule has 4 aromatic rings. The van der Waals surface area contributed by atoms with Crippen molar-refractivity contribution in [2.45, 2.75) is 6.92 Å². The molecular formula is C17H13N5OS. The molecule has 4 heterocycles. The third kappa shape index (κ3) is 2.65. The molecule has 0 aromatic carbocycles. The summed E-state index contributed by atoms with van der Waals surface area (Å²) < 4.78 is 0. The lowest BCUT2D eigenvalue weighted by Crippen LogP contribution is -2.12. The molecule has 118 valence electrons. The maximum Gasteiger partial charge on any atom is 0.258 e. The van der Waals surface area contributed by atoms with Gasteiger partial charge in [0.15, 0.2) is 5.65 Å². The molecule has 0 bridgehead atoms. The summed E-state index contributed by atoms with van der Waals surface area (Å²) in [6, 6.07) is 7.30. The van der Waals surface area contributed by atoms with Crippen LogP contribution in [0.15, 0.2) is 47.4 Å². The average Bonchev–Trinajstić information content (AvgIpc) is 3.25. The second kappa shape index (κ2) is 5.86. The highest BCUT2D eigenvalue weighted by Crippen LogP contribution is 2.23. The maximum atomic E-state index is 12.6. The van der Waals surface area contributed by atoms with E-state index in [1.165, 1.54) is 0 Å². The van der Waals surface area contributed by atoms with Crippen molar-refractivity contribution in [2.24, 2.45) is 0 Å². The van der Waals surface area contributed by atoms with Crippen LogP contribution in [0, 0.1) is 6.92 Å². The standard InChI is InChI=1S/C17H13N5OS/c1-10-2-3-12(8-19-10)20-17(23)13-4-6-18-16-14(13)21-15(22-16)11-5-7-24-9-11/h2-9H,1H3,(H,20,23)(H,18,21,22). The number of carbonyl (C=O) groups is 1. The predicted molar refractivity (Wildman–Crippen MR) is 94.1 cm³/mol. The van der Waals surface area contributed by atoms with E-state index < -0.39 is 0 Å². The molecular weight excluding hydrogens is 322 g/mol. The first-order valence-corrected chi connectivity index (χ1v) is 8.26. The van der Waals surface area contributed by atoms with E-state index in [1.807, 2.05) is 35.9 Å². The molecule has 7 heteroatoms. The molecule has 0 saturated heterocycles. The van der Waals surface area contributed by atoms with Crippen LogP contribution in [0.3, 0.4) is 0 Å². The molecule has 4 aromatic heterocycles. The highest BCUT2D eigenvalue weighted by atomic mass is 32.1. The van der Waals surface area contributed by atoms with Crippen LogP contribution in [0.4, 0.5) is 5.69 Å². The number of pyridine rings is 2. The van der Waals surface area contributed by atoms with Gasteiger partial charge in [-0.15, -0.1) is 0 Å². The average molecular weight is 335 g/mol. The normalized spacial score (nSPS) is 10.9. The lowest BCUT2D eigenvalue weighted by Gasteiger charge is -2.05. The third-order valence-corrected chi connectivity index (χ3v) is 4.28. The zero-order valence-corrected chi connectivity index (χ0v) is 13.6. The van der Waals surface area contributed by atoms with Crippen LogP contribution < -0.4 is 5.32 Å². The number of hydrogen-bond acceptors (Lipinski definition) is 5. The van der Waals surface area contributed by atoms with Crippen molar-refractivity contribution in [3.63, 3.8) is 0 Å². The molecule has 24 heavy (non-hydrogen) atoms. The van der Waals surface area contributed by atoms with Crippen molar-refractivity contribution in [2.75, 3.05) is 5.32 Å². The van der Waals surface area contributed by atoms with Crippen LogP contribution in [0.5, 0.6) is 0 Å². The van der Waals surface area contributed by atoms with Crippen molar-refractivity contribution < 1.29 is 4.79 Å². The molecule has 4 rings (SSSR count). The van der Waals surface area contributed by atoms with E-state index >= 15 is 0 Å². The molecule has 0 aliphatic rings. The van der Waals surface area contributed by atoms with Gasteiger partial charge in [-0.1, -0.05) is 0 Å². The van der Waals surface area contributed by atoms with E-state index in [1.54, 1.807) is 29.8 Å². The van der Waals surface area contributed by atoms with Gasteiger partial charge >= 0.3 is 0 Å². The molecule has 2 N–H and O–H groups in total. The fourth-order valence-electron chi connectivity index (χ4n) is 2.37.